The molecule has 76 valence electrons. The molecule has 2 rings (SSSR count). The minimum atomic E-state index is 0.632. The first-order chi connectivity index (χ1) is 6.02. The third-order valence-electron chi connectivity index (χ3n) is 5.61. The Labute approximate surface area is 83.1 Å². The van der Waals surface area contributed by atoms with E-state index in [1.54, 1.807) is 0 Å². The first-order valence-corrected chi connectivity index (χ1v) is 6.02. The summed E-state index contributed by atoms with van der Waals surface area (Å²) in [6, 6.07) is 0. The van der Waals surface area contributed by atoms with Gasteiger partial charge in [0.25, 0.3) is 0 Å². The zero-order valence-electron chi connectivity index (χ0n) is 9.69. The van der Waals surface area contributed by atoms with Gasteiger partial charge in [0.2, 0.25) is 0 Å². The van der Waals surface area contributed by atoms with E-state index in [0.29, 0.717) is 10.8 Å². The van der Waals surface area contributed by atoms with Gasteiger partial charge in [-0.25, -0.2) is 0 Å². The Bertz CT molecular complexity index is 204. The lowest BCUT2D eigenvalue weighted by molar-refractivity contribution is 0.0973. The van der Waals surface area contributed by atoms with Crippen LogP contribution in [0.1, 0.15) is 59.8 Å². The molecule has 1 unspecified atom stereocenters. The van der Waals surface area contributed by atoms with Crippen LogP contribution in [0.4, 0.5) is 0 Å². The van der Waals surface area contributed by atoms with E-state index >= 15 is 0 Å². The third-order valence-corrected chi connectivity index (χ3v) is 5.61. The molecule has 2 saturated carbocycles. The van der Waals surface area contributed by atoms with Crippen molar-refractivity contribution in [2.45, 2.75) is 59.8 Å². The Balaban J connectivity index is 2.22. The molecule has 0 heteroatoms. The van der Waals surface area contributed by atoms with Gasteiger partial charge >= 0.3 is 0 Å². The highest BCUT2D eigenvalue weighted by atomic mass is 14.6. The number of fused-ring (bicyclic) bond motifs is 2. The molecule has 2 fully saturated rings. The molecule has 0 radical (unpaired) electrons. The standard InChI is InChI=1S/C13H24/c1-5-6-11-9-10-7-8-13(11,4)12(10,2)3/h10-11H,5-9H2,1-4H3/t10-,11?,13-/m1/s1. The van der Waals surface area contributed by atoms with Gasteiger partial charge in [-0.3, -0.25) is 0 Å². The lowest BCUT2D eigenvalue weighted by atomic mass is 9.66. The van der Waals surface area contributed by atoms with Gasteiger partial charge in [0.05, 0.1) is 0 Å². The van der Waals surface area contributed by atoms with Gasteiger partial charge in [-0.1, -0.05) is 40.5 Å². The van der Waals surface area contributed by atoms with Crippen molar-refractivity contribution in [3.05, 3.63) is 0 Å². The molecule has 0 heterocycles. The van der Waals surface area contributed by atoms with Crippen LogP contribution in [0, 0.1) is 22.7 Å². The molecule has 13 heavy (non-hydrogen) atoms. The Morgan fingerprint density at radius 3 is 2.31 bits per heavy atom. The largest absolute Gasteiger partial charge is 0.0654 e. The van der Waals surface area contributed by atoms with E-state index in [1.807, 2.05) is 0 Å². The zero-order chi connectivity index (χ0) is 9.69. The Morgan fingerprint density at radius 1 is 1.23 bits per heavy atom. The van der Waals surface area contributed by atoms with Gasteiger partial charge in [0, 0.05) is 0 Å². The molecule has 0 aromatic rings. The lowest BCUT2D eigenvalue weighted by Crippen LogP contribution is -2.32. The van der Waals surface area contributed by atoms with Crippen molar-refractivity contribution in [1.29, 1.82) is 0 Å². The van der Waals surface area contributed by atoms with E-state index < -0.39 is 0 Å². The predicted octanol–water partition coefficient (Wildman–Crippen LogP) is 4.25. The molecule has 0 aromatic heterocycles. The fourth-order valence-electron chi connectivity index (χ4n) is 4.15. The quantitative estimate of drug-likeness (QED) is 0.596. The molecule has 2 aliphatic rings. The van der Waals surface area contributed by atoms with Crippen molar-refractivity contribution in [2.24, 2.45) is 22.7 Å². The van der Waals surface area contributed by atoms with Gasteiger partial charge < -0.3 is 0 Å². The van der Waals surface area contributed by atoms with Gasteiger partial charge in [-0.05, 0) is 41.9 Å². The second-order valence-electron chi connectivity index (χ2n) is 6.10. The summed E-state index contributed by atoms with van der Waals surface area (Å²) >= 11 is 0. The maximum absolute atomic E-state index is 2.56. The molecule has 0 N–H and O–H groups in total. The monoisotopic (exact) mass is 180 g/mol. The second kappa shape index (κ2) is 2.74. The fraction of sp³-hybridized carbons (Fsp3) is 1.00. The molecule has 0 nitrogen and oxygen atoms in total. The summed E-state index contributed by atoms with van der Waals surface area (Å²) in [6.45, 7) is 9.92. The van der Waals surface area contributed by atoms with E-state index in [9.17, 15) is 0 Å². The highest BCUT2D eigenvalue weighted by Crippen LogP contribution is 2.68. The van der Waals surface area contributed by atoms with Gasteiger partial charge in [0.1, 0.15) is 0 Å². The van der Waals surface area contributed by atoms with E-state index in [2.05, 4.69) is 27.7 Å². The minimum Gasteiger partial charge on any atom is -0.0654 e. The average molecular weight is 180 g/mol. The van der Waals surface area contributed by atoms with Crippen molar-refractivity contribution in [1.82, 2.24) is 0 Å². The van der Waals surface area contributed by atoms with Crippen molar-refractivity contribution in [2.75, 3.05) is 0 Å². The summed E-state index contributed by atoms with van der Waals surface area (Å²) in [5.74, 6) is 2.07. The Kier molecular flexibility index (Phi) is 2.02. The molecular weight excluding hydrogens is 156 g/mol. The highest BCUT2D eigenvalue weighted by molar-refractivity contribution is 5.09. The fourth-order valence-corrected chi connectivity index (χ4v) is 4.15. The summed E-state index contributed by atoms with van der Waals surface area (Å²) in [5, 5.41) is 0. The van der Waals surface area contributed by atoms with E-state index in [1.165, 1.54) is 32.1 Å². The summed E-state index contributed by atoms with van der Waals surface area (Å²) < 4.78 is 0. The molecule has 0 aliphatic heterocycles. The third kappa shape index (κ3) is 1.04. The van der Waals surface area contributed by atoms with Crippen LogP contribution >= 0.6 is 0 Å². The smallest absolute Gasteiger partial charge is 0.0243 e. The van der Waals surface area contributed by atoms with Crippen LogP contribution in [0.2, 0.25) is 0 Å². The van der Waals surface area contributed by atoms with Crippen molar-refractivity contribution in [3.8, 4) is 0 Å². The number of hydrogen-bond donors (Lipinski definition) is 0. The van der Waals surface area contributed by atoms with E-state index in [4.69, 9.17) is 0 Å². The van der Waals surface area contributed by atoms with Crippen LogP contribution in [0.15, 0.2) is 0 Å². The van der Waals surface area contributed by atoms with Crippen LogP contribution < -0.4 is 0 Å². The SMILES string of the molecule is CCCC1C[C@H]2CC[C@@]1(C)C2(C)C. The maximum Gasteiger partial charge on any atom is -0.0243 e. The molecule has 2 aliphatic carbocycles. The lowest BCUT2D eigenvalue weighted by Gasteiger charge is -2.39. The molecular formula is C13H24. The highest BCUT2D eigenvalue weighted by Gasteiger charge is 2.60. The Morgan fingerprint density at radius 2 is 1.92 bits per heavy atom. The zero-order valence-corrected chi connectivity index (χ0v) is 9.69. The molecule has 0 saturated heterocycles. The molecule has 0 aromatic carbocycles. The summed E-state index contributed by atoms with van der Waals surface area (Å²) in [5.41, 5.74) is 1.31. The van der Waals surface area contributed by atoms with Crippen LogP contribution in [-0.4, -0.2) is 0 Å². The molecule has 2 bridgehead atoms. The summed E-state index contributed by atoms with van der Waals surface area (Å²) in [4.78, 5) is 0. The first kappa shape index (κ1) is 9.55. The maximum atomic E-state index is 2.56. The van der Waals surface area contributed by atoms with E-state index in [-0.39, 0.29) is 0 Å². The first-order valence-electron chi connectivity index (χ1n) is 6.02. The molecule has 0 spiro atoms. The average Bonchev–Trinajstić information content (AvgIpc) is 2.37. The number of rotatable bonds is 2. The minimum absolute atomic E-state index is 0.632. The Hall–Kier alpha value is 0. The second-order valence-corrected chi connectivity index (χ2v) is 6.10. The van der Waals surface area contributed by atoms with Crippen LogP contribution in [0.3, 0.4) is 0 Å². The molecule has 0 amide bonds. The molecule has 3 atom stereocenters. The van der Waals surface area contributed by atoms with Gasteiger partial charge in [0.15, 0.2) is 0 Å². The van der Waals surface area contributed by atoms with Gasteiger partial charge in [-0.2, -0.15) is 0 Å². The van der Waals surface area contributed by atoms with E-state index in [0.717, 1.165) is 11.8 Å². The van der Waals surface area contributed by atoms with Crippen LogP contribution in [0.5, 0.6) is 0 Å². The summed E-state index contributed by atoms with van der Waals surface area (Å²) in [6.07, 6.45) is 7.37. The van der Waals surface area contributed by atoms with Crippen molar-refractivity contribution in [3.63, 3.8) is 0 Å². The predicted molar refractivity (Wildman–Crippen MR) is 57.6 cm³/mol. The summed E-state index contributed by atoms with van der Waals surface area (Å²) in [7, 11) is 0. The topological polar surface area (TPSA) is 0 Å². The van der Waals surface area contributed by atoms with Gasteiger partial charge in [-0.15, -0.1) is 0 Å². The normalized spacial score (nSPS) is 47.1. The van der Waals surface area contributed by atoms with Crippen molar-refractivity contribution < 1.29 is 0 Å². The number of hydrogen-bond acceptors (Lipinski definition) is 0. The van der Waals surface area contributed by atoms with Crippen LogP contribution in [0.25, 0.3) is 0 Å². The van der Waals surface area contributed by atoms with Crippen LogP contribution in [-0.2, 0) is 0 Å². The van der Waals surface area contributed by atoms with Crippen molar-refractivity contribution >= 4 is 0 Å².